The summed E-state index contributed by atoms with van der Waals surface area (Å²) in [5.41, 5.74) is 0.465. The Morgan fingerprint density at radius 3 is 2.76 bits per heavy atom. The van der Waals surface area contributed by atoms with Gasteiger partial charge < -0.3 is 19.5 Å². The van der Waals surface area contributed by atoms with Crippen molar-refractivity contribution in [2.45, 2.75) is 38.4 Å². The Morgan fingerprint density at radius 1 is 1.38 bits per heavy atom. The summed E-state index contributed by atoms with van der Waals surface area (Å²) in [6, 6.07) is 5.75. The van der Waals surface area contributed by atoms with Crippen LogP contribution >= 0.6 is 0 Å². The minimum atomic E-state index is -0.978. The van der Waals surface area contributed by atoms with Gasteiger partial charge in [-0.15, -0.1) is 0 Å². The second kappa shape index (κ2) is 4.63. The van der Waals surface area contributed by atoms with Gasteiger partial charge in [-0.25, -0.2) is 4.79 Å². The minimum Gasteiger partial charge on any atom is -0.493 e. The van der Waals surface area contributed by atoms with Gasteiger partial charge in [0.25, 0.3) is 0 Å². The topological polar surface area (TPSA) is 59.0 Å². The number of nitrogens with zero attached hydrogens (tertiary/aromatic N) is 1. The normalized spacial score (nSPS) is 19.5. The summed E-state index contributed by atoms with van der Waals surface area (Å²) >= 11 is 0. The van der Waals surface area contributed by atoms with Crippen molar-refractivity contribution in [3.63, 3.8) is 0 Å². The van der Waals surface area contributed by atoms with Crippen LogP contribution in [0.3, 0.4) is 0 Å². The monoisotopic (exact) mass is 291 g/mol. The molecular weight excluding hydrogens is 270 g/mol. The van der Waals surface area contributed by atoms with E-state index in [-0.39, 0.29) is 19.2 Å². The van der Waals surface area contributed by atoms with E-state index in [1.165, 1.54) is 4.90 Å². The van der Waals surface area contributed by atoms with Gasteiger partial charge in [-0.1, -0.05) is 6.07 Å². The first kappa shape index (κ1) is 14.2. The van der Waals surface area contributed by atoms with Gasteiger partial charge in [0.1, 0.15) is 17.0 Å². The Labute approximate surface area is 124 Å². The minimum absolute atomic E-state index is 0.265. The molecule has 2 aliphatic rings. The molecule has 0 saturated carbocycles. The van der Waals surface area contributed by atoms with Crippen molar-refractivity contribution in [1.29, 1.82) is 0 Å². The molecule has 2 heterocycles. The number of fused-ring (bicyclic) bond motifs is 1. The van der Waals surface area contributed by atoms with Gasteiger partial charge in [-0.05, 0) is 44.0 Å². The van der Waals surface area contributed by atoms with E-state index in [4.69, 9.17) is 9.47 Å². The highest BCUT2D eigenvalue weighted by molar-refractivity contribution is 5.70. The molecule has 3 rings (SSSR count). The van der Waals surface area contributed by atoms with Crippen molar-refractivity contribution in [2.24, 2.45) is 0 Å². The zero-order valence-electron chi connectivity index (χ0n) is 12.7. The van der Waals surface area contributed by atoms with Gasteiger partial charge in [0.05, 0.1) is 19.7 Å². The van der Waals surface area contributed by atoms with Crippen molar-refractivity contribution >= 4 is 6.09 Å². The molecule has 21 heavy (non-hydrogen) atoms. The fourth-order valence-corrected chi connectivity index (χ4v) is 2.70. The molecule has 1 fully saturated rings. The third kappa shape index (κ3) is 2.70. The number of aliphatic hydroxyl groups is 1. The maximum atomic E-state index is 11.9. The number of rotatable bonds is 1. The number of carbonyl (C=O) groups excluding carboxylic acids is 1. The highest BCUT2D eigenvalue weighted by atomic mass is 16.6. The highest BCUT2D eigenvalue weighted by Gasteiger charge is 2.46. The molecule has 1 saturated heterocycles. The molecule has 2 aliphatic heterocycles. The van der Waals surface area contributed by atoms with Crippen LogP contribution in [-0.2, 0) is 16.8 Å². The zero-order valence-corrected chi connectivity index (χ0v) is 12.7. The van der Waals surface area contributed by atoms with Crippen LogP contribution in [-0.4, -0.2) is 41.4 Å². The van der Waals surface area contributed by atoms with Gasteiger partial charge in [0.2, 0.25) is 0 Å². The van der Waals surface area contributed by atoms with Crippen molar-refractivity contribution in [2.75, 3.05) is 19.7 Å². The summed E-state index contributed by atoms with van der Waals surface area (Å²) in [4.78, 5) is 13.4. The molecule has 0 unspecified atom stereocenters. The van der Waals surface area contributed by atoms with Gasteiger partial charge in [0.15, 0.2) is 0 Å². The number of likely N-dealkylation sites (tertiary alicyclic amines) is 1. The molecular formula is C16H21NO4. The van der Waals surface area contributed by atoms with E-state index < -0.39 is 11.2 Å². The standard InChI is InChI=1S/C16H21NO4/c1-15(2,3)21-14(18)17-9-16(19,10-17)12-4-5-13-11(8-12)6-7-20-13/h4-5,8,19H,6-7,9-10H2,1-3H3. The van der Waals surface area contributed by atoms with E-state index in [1.54, 1.807) is 0 Å². The van der Waals surface area contributed by atoms with Gasteiger partial charge in [-0.2, -0.15) is 0 Å². The summed E-state index contributed by atoms with van der Waals surface area (Å²) in [6.45, 7) is 6.72. The van der Waals surface area contributed by atoms with E-state index in [9.17, 15) is 9.90 Å². The van der Waals surface area contributed by atoms with Crippen molar-refractivity contribution < 1.29 is 19.4 Å². The molecule has 0 aliphatic carbocycles. The van der Waals surface area contributed by atoms with Crippen LogP contribution < -0.4 is 4.74 Å². The maximum absolute atomic E-state index is 11.9. The fraction of sp³-hybridized carbons (Fsp3) is 0.562. The molecule has 0 atom stereocenters. The smallest absolute Gasteiger partial charge is 0.410 e. The molecule has 1 aromatic rings. The number of β-amino-alcohol motifs (C(OH)–C–C–N with tert-alkyl or cyclic N) is 1. The van der Waals surface area contributed by atoms with Crippen LogP contribution in [0.1, 0.15) is 31.9 Å². The van der Waals surface area contributed by atoms with E-state index in [0.29, 0.717) is 6.61 Å². The van der Waals surface area contributed by atoms with E-state index in [1.807, 2.05) is 39.0 Å². The van der Waals surface area contributed by atoms with Gasteiger partial charge in [-0.3, -0.25) is 0 Å². The van der Waals surface area contributed by atoms with Crippen molar-refractivity contribution in [3.8, 4) is 5.75 Å². The summed E-state index contributed by atoms with van der Waals surface area (Å²) in [7, 11) is 0. The number of hydrogen-bond acceptors (Lipinski definition) is 4. The third-order valence-corrected chi connectivity index (χ3v) is 3.78. The van der Waals surface area contributed by atoms with Gasteiger partial charge >= 0.3 is 6.09 Å². The summed E-state index contributed by atoms with van der Waals surface area (Å²) in [6.07, 6.45) is 0.492. The molecule has 1 N–H and O–H groups in total. The first-order chi connectivity index (χ1) is 9.77. The number of carbonyl (C=O) groups is 1. The molecule has 1 amide bonds. The number of hydrogen-bond donors (Lipinski definition) is 1. The van der Waals surface area contributed by atoms with E-state index in [2.05, 4.69) is 0 Å². The number of ether oxygens (including phenoxy) is 2. The average Bonchev–Trinajstić information content (AvgIpc) is 2.79. The third-order valence-electron chi connectivity index (χ3n) is 3.78. The Bertz CT molecular complexity index is 570. The van der Waals surface area contributed by atoms with Crippen LogP contribution in [0.2, 0.25) is 0 Å². The SMILES string of the molecule is CC(C)(C)OC(=O)N1CC(O)(c2ccc3c(c2)CCO3)C1. The lowest BCUT2D eigenvalue weighted by Crippen LogP contribution is -2.61. The predicted octanol–water partition coefficient (Wildman–Crippen LogP) is 2.06. The molecule has 0 radical (unpaired) electrons. The molecule has 1 aromatic carbocycles. The lowest BCUT2D eigenvalue weighted by molar-refractivity contribution is -0.103. The summed E-state index contributed by atoms with van der Waals surface area (Å²) in [5, 5.41) is 10.6. The molecule has 114 valence electrons. The summed E-state index contributed by atoms with van der Waals surface area (Å²) < 4.78 is 10.8. The van der Waals surface area contributed by atoms with E-state index >= 15 is 0 Å². The Hall–Kier alpha value is -1.75. The first-order valence-corrected chi connectivity index (χ1v) is 7.23. The van der Waals surface area contributed by atoms with Crippen LogP contribution in [0.5, 0.6) is 5.75 Å². The quantitative estimate of drug-likeness (QED) is 0.860. The van der Waals surface area contributed by atoms with Gasteiger partial charge in [0, 0.05) is 6.42 Å². The molecule has 0 aromatic heterocycles. The largest absolute Gasteiger partial charge is 0.493 e. The second-order valence-corrected chi connectivity index (χ2v) is 6.79. The Balaban J connectivity index is 1.67. The van der Waals surface area contributed by atoms with Crippen LogP contribution in [0.4, 0.5) is 4.79 Å². The molecule has 5 heteroatoms. The van der Waals surface area contributed by atoms with E-state index in [0.717, 1.165) is 23.3 Å². The zero-order chi connectivity index (χ0) is 15.3. The first-order valence-electron chi connectivity index (χ1n) is 7.23. The molecule has 0 bridgehead atoms. The van der Waals surface area contributed by atoms with Crippen LogP contribution in [0, 0.1) is 0 Å². The molecule has 0 spiro atoms. The number of benzene rings is 1. The predicted molar refractivity (Wildman–Crippen MR) is 77.3 cm³/mol. The Kier molecular flexibility index (Phi) is 3.13. The molecule has 5 nitrogen and oxygen atoms in total. The summed E-state index contributed by atoms with van der Waals surface area (Å²) in [5.74, 6) is 0.894. The Morgan fingerprint density at radius 2 is 2.10 bits per heavy atom. The van der Waals surface area contributed by atoms with Crippen LogP contribution in [0.15, 0.2) is 18.2 Å². The number of amides is 1. The van der Waals surface area contributed by atoms with Crippen molar-refractivity contribution in [3.05, 3.63) is 29.3 Å². The highest BCUT2D eigenvalue weighted by Crippen LogP contribution is 2.36. The lowest BCUT2D eigenvalue weighted by atomic mass is 9.85. The average molecular weight is 291 g/mol. The van der Waals surface area contributed by atoms with Crippen LogP contribution in [0.25, 0.3) is 0 Å². The lowest BCUT2D eigenvalue weighted by Gasteiger charge is -2.46. The maximum Gasteiger partial charge on any atom is 0.410 e. The second-order valence-electron chi connectivity index (χ2n) is 6.79. The fourth-order valence-electron chi connectivity index (χ4n) is 2.70. The van der Waals surface area contributed by atoms with Crippen molar-refractivity contribution in [1.82, 2.24) is 4.90 Å².